The largest absolute Gasteiger partial charge is 0.352 e. The van der Waals surface area contributed by atoms with Crippen molar-refractivity contribution in [2.75, 3.05) is 6.54 Å². The van der Waals surface area contributed by atoms with Crippen molar-refractivity contribution in [1.29, 1.82) is 0 Å². The van der Waals surface area contributed by atoms with E-state index in [9.17, 15) is 4.79 Å². The molecule has 0 aromatic heterocycles. The van der Waals surface area contributed by atoms with Crippen molar-refractivity contribution < 1.29 is 4.79 Å². The summed E-state index contributed by atoms with van der Waals surface area (Å²) in [6.07, 6.45) is 1.75. The van der Waals surface area contributed by atoms with Crippen LogP contribution in [0.2, 0.25) is 0 Å². The Labute approximate surface area is 102 Å². The second-order valence-electron chi connectivity index (χ2n) is 3.87. The van der Waals surface area contributed by atoms with Crippen LogP contribution in [0.5, 0.6) is 0 Å². The molecule has 0 heterocycles. The number of alkyl halides is 1. The van der Waals surface area contributed by atoms with Crippen molar-refractivity contribution in [2.45, 2.75) is 32.1 Å². The van der Waals surface area contributed by atoms with E-state index in [4.69, 9.17) is 11.6 Å². The molecule has 2 nitrogen and oxygen atoms in total. The molecule has 1 atom stereocenters. The summed E-state index contributed by atoms with van der Waals surface area (Å²) in [4.78, 5) is 11.8. The summed E-state index contributed by atoms with van der Waals surface area (Å²) in [6.45, 7) is 4.61. The van der Waals surface area contributed by atoms with Crippen LogP contribution in [0.1, 0.15) is 35.7 Å². The van der Waals surface area contributed by atoms with Crippen LogP contribution >= 0.6 is 11.6 Å². The number of amides is 1. The average Bonchev–Trinajstić information content (AvgIpc) is 2.29. The van der Waals surface area contributed by atoms with E-state index in [0.29, 0.717) is 6.54 Å². The number of rotatable bonds is 5. The molecule has 88 valence electrons. The summed E-state index contributed by atoms with van der Waals surface area (Å²) < 4.78 is 0. The highest BCUT2D eigenvalue weighted by Crippen LogP contribution is 2.08. The zero-order valence-corrected chi connectivity index (χ0v) is 10.6. The van der Waals surface area contributed by atoms with Crippen LogP contribution < -0.4 is 5.32 Å². The van der Waals surface area contributed by atoms with Gasteiger partial charge in [-0.15, -0.1) is 11.6 Å². The first kappa shape index (κ1) is 13.0. The van der Waals surface area contributed by atoms with E-state index in [2.05, 4.69) is 5.32 Å². The van der Waals surface area contributed by atoms with Crippen LogP contribution in [0.4, 0.5) is 0 Å². The van der Waals surface area contributed by atoms with Crippen molar-refractivity contribution in [1.82, 2.24) is 5.32 Å². The van der Waals surface area contributed by atoms with Crippen LogP contribution in [0.15, 0.2) is 24.3 Å². The van der Waals surface area contributed by atoms with Gasteiger partial charge in [0, 0.05) is 17.5 Å². The van der Waals surface area contributed by atoms with E-state index in [1.54, 1.807) is 0 Å². The van der Waals surface area contributed by atoms with E-state index < -0.39 is 0 Å². The van der Waals surface area contributed by atoms with E-state index in [-0.39, 0.29) is 11.3 Å². The van der Waals surface area contributed by atoms with E-state index in [1.165, 1.54) is 0 Å². The summed E-state index contributed by atoms with van der Waals surface area (Å²) in [5.74, 6) is -0.0157. The van der Waals surface area contributed by atoms with E-state index in [1.807, 2.05) is 38.1 Å². The Morgan fingerprint density at radius 1 is 1.44 bits per heavy atom. The van der Waals surface area contributed by atoms with Crippen LogP contribution in [-0.4, -0.2) is 17.8 Å². The summed E-state index contributed by atoms with van der Waals surface area (Å²) in [7, 11) is 0. The van der Waals surface area contributed by atoms with Gasteiger partial charge in [-0.2, -0.15) is 0 Å². The van der Waals surface area contributed by atoms with Crippen molar-refractivity contribution in [3.8, 4) is 0 Å². The van der Waals surface area contributed by atoms with Crippen molar-refractivity contribution >= 4 is 17.5 Å². The average molecular weight is 240 g/mol. The Balaban J connectivity index is 2.44. The molecule has 0 radical (unpaired) electrons. The fourth-order valence-electron chi connectivity index (χ4n) is 1.47. The van der Waals surface area contributed by atoms with Gasteiger partial charge < -0.3 is 5.32 Å². The number of carbonyl (C=O) groups is 1. The van der Waals surface area contributed by atoms with E-state index >= 15 is 0 Å². The van der Waals surface area contributed by atoms with Gasteiger partial charge in [-0.1, -0.05) is 25.1 Å². The van der Waals surface area contributed by atoms with Gasteiger partial charge in [0.1, 0.15) is 0 Å². The van der Waals surface area contributed by atoms with Crippen molar-refractivity contribution in [2.24, 2.45) is 0 Å². The van der Waals surface area contributed by atoms with Gasteiger partial charge in [-0.25, -0.2) is 0 Å². The first-order valence-electron chi connectivity index (χ1n) is 5.63. The Kier molecular flexibility index (Phi) is 5.33. The Bertz CT molecular complexity index is 352. The third-order valence-corrected chi connectivity index (χ3v) is 3.10. The zero-order chi connectivity index (χ0) is 12.0. The predicted octanol–water partition coefficient (Wildman–Crippen LogP) is 3.13. The van der Waals surface area contributed by atoms with Crippen LogP contribution in [-0.2, 0) is 0 Å². The molecule has 0 aliphatic rings. The van der Waals surface area contributed by atoms with Crippen LogP contribution in [0.3, 0.4) is 0 Å². The fraction of sp³-hybridized carbons (Fsp3) is 0.462. The van der Waals surface area contributed by atoms with Crippen molar-refractivity contribution in [3.05, 3.63) is 35.4 Å². The van der Waals surface area contributed by atoms with Gasteiger partial charge in [0.05, 0.1) is 0 Å². The molecule has 1 amide bonds. The Morgan fingerprint density at radius 2 is 2.12 bits per heavy atom. The lowest BCUT2D eigenvalue weighted by Crippen LogP contribution is -2.26. The molecule has 16 heavy (non-hydrogen) atoms. The number of hydrogen-bond acceptors (Lipinski definition) is 1. The molecule has 0 fully saturated rings. The molecule has 0 spiro atoms. The molecule has 0 bridgehead atoms. The molecule has 1 aromatic carbocycles. The highest BCUT2D eigenvalue weighted by atomic mass is 35.5. The SMILES string of the molecule is CCC(Cl)CCNC(=O)c1ccccc1C. The number of halogens is 1. The summed E-state index contributed by atoms with van der Waals surface area (Å²) in [5, 5.41) is 3.03. The normalized spacial score (nSPS) is 12.2. The Morgan fingerprint density at radius 3 is 2.75 bits per heavy atom. The number of carbonyl (C=O) groups excluding carboxylic acids is 1. The maximum Gasteiger partial charge on any atom is 0.251 e. The smallest absolute Gasteiger partial charge is 0.251 e. The quantitative estimate of drug-likeness (QED) is 0.786. The van der Waals surface area contributed by atoms with Crippen LogP contribution in [0.25, 0.3) is 0 Å². The molecule has 0 aliphatic carbocycles. The molecule has 1 rings (SSSR count). The molecule has 1 unspecified atom stereocenters. The minimum Gasteiger partial charge on any atom is -0.352 e. The second-order valence-corrected chi connectivity index (χ2v) is 4.48. The maximum absolute atomic E-state index is 11.8. The molecule has 0 aliphatic heterocycles. The van der Waals surface area contributed by atoms with Gasteiger partial charge >= 0.3 is 0 Å². The zero-order valence-electron chi connectivity index (χ0n) is 9.79. The minimum absolute atomic E-state index is 0.0157. The molecule has 0 saturated heterocycles. The third-order valence-electron chi connectivity index (χ3n) is 2.58. The lowest BCUT2D eigenvalue weighted by Gasteiger charge is -2.09. The van der Waals surface area contributed by atoms with Gasteiger partial charge in [0.2, 0.25) is 0 Å². The van der Waals surface area contributed by atoms with Gasteiger partial charge in [-0.3, -0.25) is 4.79 Å². The first-order valence-corrected chi connectivity index (χ1v) is 6.06. The number of benzene rings is 1. The first-order chi connectivity index (χ1) is 7.65. The lowest BCUT2D eigenvalue weighted by atomic mass is 10.1. The molecule has 1 aromatic rings. The molecule has 0 saturated carbocycles. The van der Waals surface area contributed by atoms with Crippen molar-refractivity contribution in [3.63, 3.8) is 0 Å². The fourth-order valence-corrected chi connectivity index (χ4v) is 1.58. The van der Waals surface area contributed by atoms with Gasteiger partial charge in [-0.05, 0) is 31.4 Å². The second kappa shape index (κ2) is 6.54. The van der Waals surface area contributed by atoms with E-state index in [0.717, 1.165) is 24.0 Å². The summed E-state index contributed by atoms with van der Waals surface area (Å²) in [5.41, 5.74) is 1.74. The number of nitrogens with one attached hydrogen (secondary N) is 1. The van der Waals surface area contributed by atoms with Crippen LogP contribution in [0, 0.1) is 6.92 Å². The standard InChI is InChI=1S/C13H18ClNO/c1-3-11(14)8-9-15-13(16)12-7-5-4-6-10(12)2/h4-7,11H,3,8-9H2,1-2H3,(H,15,16). The minimum atomic E-state index is -0.0157. The lowest BCUT2D eigenvalue weighted by molar-refractivity contribution is 0.0952. The monoisotopic (exact) mass is 239 g/mol. The maximum atomic E-state index is 11.8. The Hall–Kier alpha value is -1.02. The predicted molar refractivity (Wildman–Crippen MR) is 68.1 cm³/mol. The summed E-state index contributed by atoms with van der Waals surface area (Å²) in [6, 6.07) is 7.57. The van der Waals surface area contributed by atoms with Gasteiger partial charge in [0.25, 0.3) is 5.91 Å². The highest BCUT2D eigenvalue weighted by Gasteiger charge is 2.08. The molecular weight excluding hydrogens is 222 g/mol. The molecule has 3 heteroatoms. The molecule has 1 N–H and O–H groups in total. The topological polar surface area (TPSA) is 29.1 Å². The highest BCUT2D eigenvalue weighted by molar-refractivity contribution is 6.20. The summed E-state index contributed by atoms with van der Waals surface area (Å²) >= 11 is 5.97. The number of aryl methyl sites for hydroxylation is 1. The van der Waals surface area contributed by atoms with Gasteiger partial charge in [0.15, 0.2) is 0 Å². The number of hydrogen-bond donors (Lipinski definition) is 1. The third kappa shape index (κ3) is 3.86. The molecular formula is C13H18ClNO.